The van der Waals surface area contributed by atoms with Crippen LogP contribution in [0.15, 0.2) is 30.4 Å². The lowest BCUT2D eigenvalue weighted by Crippen LogP contribution is -2.58. The first kappa shape index (κ1) is 39.8. The minimum atomic E-state index is -3.91. The summed E-state index contributed by atoms with van der Waals surface area (Å²) < 4.78 is 44.8. The van der Waals surface area contributed by atoms with Gasteiger partial charge in [0, 0.05) is 44.2 Å². The quantitative estimate of drug-likeness (QED) is 0.359. The second kappa shape index (κ2) is 15.9. The smallest absolute Gasteiger partial charge is 0.410 e. The fraction of sp³-hybridized carbons (Fsp3) is 0.667. The number of allylic oxidation sites excluding steroid dienone is 1. The van der Waals surface area contributed by atoms with Crippen LogP contribution in [0.1, 0.15) is 89.7 Å². The Balaban J connectivity index is 1.10. The van der Waals surface area contributed by atoms with Crippen LogP contribution in [0, 0.1) is 5.92 Å². The summed E-state index contributed by atoms with van der Waals surface area (Å²) in [7, 11) is -3.91. The molecule has 5 atom stereocenters. The molecule has 1 aromatic carbocycles. The summed E-state index contributed by atoms with van der Waals surface area (Å²) in [6, 6.07) is 3.92. The van der Waals surface area contributed by atoms with Gasteiger partial charge < -0.3 is 34.6 Å². The van der Waals surface area contributed by atoms with Gasteiger partial charge >= 0.3 is 12.2 Å². The second-order valence-corrected chi connectivity index (χ2v) is 18.8. The van der Waals surface area contributed by atoms with Gasteiger partial charge in [0.1, 0.15) is 29.3 Å². The highest BCUT2D eigenvalue weighted by Gasteiger charge is 2.62. The van der Waals surface area contributed by atoms with E-state index in [1.165, 1.54) is 4.90 Å². The van der Waals surface area contributed by atoms with Gasteiger partial charge in [0.2, 0.25) is 21.8 Å². The topological polar surface area (TPSA) is 193 Å². The van der Waals surface area contributed by atoms with Gasteiger partial charge in [0.25, 0.3) is 5.91 Å². The number of carbonyl (C=O) groups excluding carboxylic acids is 5. The number of benzene rings is 1. The van der Waals surface area contributed by atoms with Crippen molar-refractivity contribution >= 4 is 45.6 Å². The number of amides is 5. The molecule has 2 aliphatic carbocycles. The van der Waals surface area contributed by atoms with Crippen molar-refractivity contribution in [2.75, 3.05) is 37.7 Å². The third-order valence-corrected chi connectivity index (χ3v) is 13.2. The van der Waals surface area contributed by atoms with Crippen molar-refractivity contribution in [3.63, 3.8) is 0 Å². The Bertz CT molecular complexity index is 1860. The molecule has 7 rings (SSSR count). The van der Waals surface area contributed by atoms with Gasteiger partial charge in [-0.15, -0.1) is 0 Å². The van der Waals surface area contributed by atoms with Crippen molar-refractivity contribution in [3.05, 3.63) is 41.5 Å². The lowest BCUT2D eigenvalue weighted by atomic mass is 10.0. The number of anilines is 1. The summed E-state index contributed by atoms with van der Waals surface area (Å²) in [6.45, 7) is 8.57. The van der Waals surface area contributed by atoms with Crippen LogP contribution >= 0.6 is 0 Å². The molecule has 4 aliphatic heterocycles. The van der Waals surface area contributed by atoms with Crippen molar-refractivity contribution in [1.82, 2.24) is 25.2 Å². The highest BCUT2D eigenvalue weighted by atomic mass is 32.2. The van der Waals surface area contributed by atoms with Crippen LogP contribution in [0.3, 0.4) is 0 Å². The normalized spacial score (nSPS) is 28.5. The molecule has 2 saturated carbocycles. The van der Waals surface area contributed by atoms with Gasteiger partial charge in [0.05, 0.1) is 25.0 Å². The van der Waals surface area contributed by atoms with E-state index in [1.54, 1.807) is 25.7 Å². The predicted molar refractivity (Wildman–Crippen MR) is 204 cm³/mol. The van der Waals surface area contributed by atoms with Crippen molar-refractivity contribution in [2.24, 2.45) is 5.92 Å². The minimum absolute atomic E-state index is 0.0665. The fourth-order valence-electron chi connectivity index (χ4n) is 8.04. The fourth-order valence-corrected chi connectivity index (χ4v) is 9.41. The first-order chi connectivity index (χ1) is 26.6. The number of hydrogen-bond donors (Lipinski definition) is 3. The molecule has 1 aromatic rings. The van der Waals surface area contributed by atoms with Crippen LogP contribution in [0.4, 0.5) is 15.3 Å². The van der Waals surface area contributed by atoms with Gasteiger partial charge in [-0.1, -0.05) is 31.1 Å². The number of hydrogen-bond acceptors (Lipinski definition) is 11. The second-order valence-electron chi connectivity index (χ2n) is 16.9. The van der Waals surface area contributed by atoms with Crippen LogP contribution in [0.5, 0.6) is 0 Å². The molecular weight excluding hydrogens is 745 g/mol. The maximum atomic E-state index is 14.4. The Morgan fingerprint density at radius 3 is 2.48 bits per heavy atom. The summed E-state index contributed by atoms with van der Waals surface area (Å²) in [5.41, 5.74) is 0.720. The summed E-state index contributed by atoms with van der Waals surface area (Å²) in [6.07, 6.45) is 5.64. The Morgan fingerprint density at radius 1 is 1.00 bits per heavy atom. The van der Waals surface area contributed by atoms with Crippen LogP contribution < -0.4 is 20.3 Å². The van der Waals surface area contributed by atoms with E-state index < -0.39 is 80.4 Å². The van der Waals surface area contributed by atoms with Gasteiger partial charge in [0.15, 0.2) is 0 Å². The Morgan fingerprint density at radius 2 is 1.75 bits per heavy atom. The maximum Gasteiger partial charge on any atom is 0.410 e. The van der Waals surface area contributed by atoms with E-state index >= 15 is 0 Å². The first-order valence-electron chi connectivity index (χ1n) is 19.9. The van der Waals surface area contributed by atoms with Crippen LogP contribution in [0.25, 0.3) is 0 Å². The zero-order valence-electron chi connectivity index (χ0n) is 32.4. The number of fused-ring (bicyclic) bond motifs is 3. The zero-order chi connectivity index (χ0) is 39.8. The molecule has 3 N–H and O–H groups in total. The average Bonchev–Trinajstić information content (AvgIpc) is 4.03. The largest absolute Gasteiger partial charge is 0.444 e. The first-order valence-corrected chi connectivity index (χ1v) is 21.4. The minimum Gasteiger partial charge on any atom is -0.444 e. The number of nitrogens with one attached hydrogen (secondary N) is 3. The van der Waals surface area contributed by atoms with Gasteiger partial charge in [-0.25, -0.2) is 18.0 Å². The Hall–Kier alpha value is -4.38. The third kappa shape index (κ3) is 9.09. The standard InChI is InChI=1S/C39H54N6O10S/c1-38(2,3)55-36(49)40-31-10-8-6-4-5-7-9-27-21-39(27,35(48)42-56(51,52)30-13-14-30)41-33(46)32-20-29(24-45(32)34(31)47)54-37(50)44-22-25-11-12-28(19-26(25)23-44)43-15-17-53-18-16-43/h7,9,11-12,19,27,29-32H,4-6,8,10,13-18,20-24H2,1-3H3,(H,40,49)(H,41,46)(H,42,48)/t27-,29-,31-,32+,39-/m1/s1. The number of alkyl carbamates (subject to hydrolysis) is 1. The molecule has 4 heterocycles. The molecule has 6 aliphatic rings. The summed E-state index contributed by atoms with van der Waals surface area (Å²) >= 11 is 0. The molecule has 4 fully saturated rings. The molecule has 0 bridgehead atoms. The SMILES string of the molecule is CC(C)(C)OC(=O)N[C@@H]1CCCCCC=C[C@@H]2C[C@@]2(C(=O)NS(=O)(=O)C2CC2)NC(=O)[C@@H]2C[C@@H](OC(=O)N3Cc4ccc(N5CCOCC5)cc4C3)CN2C1=O. The van der Waals surface area contributed by atoms with Crippen molar-refractivity contribution in [3.8, 4) is 0 Å². The number of morpholine rings is 1. The molecule has 0 radical (unpaired) electrons. The van der Waals surface area contributed by atoms with E-state index in [4.69, 9.17) is 14.2 Å². The molecular formula is C39H54N6O10S. The van der Waals surface area contributed by atoms with Gasteiger partial charge in [-0.3, -0.25) is 24.0 Å². The Kier molecular flexibility index (Phi) is 11.3. The zero-order valence-corrected chi connectivity index (χ0v) is 33.2. The summed E-state index contributed by atoms with van der Waals surface area (Å²) in [5, 5.41) is 4.91. The number of nitrogens with zero attached hydrogens (tertiary/aromatic N) is 3. The van der Waals surface area contributed by atoms with Crippen LogP contribution in [-0.2, 0) is 51.7 Å². The van der Waals surface area contributed by atoms with Crippen molar-refractivity contribution < 1.29 is 46.6 Å². The van der Waals surface area contributed by atoms with Crippen LogP contribution in [0.2, 0.25) is 0 Å². The Labute approximate surface area is 328 Å². The van der Waals surface area contributed by atoms with Crippen LogP contribution in [-0.4, -0.2) is 116 Å². The number of rotatable bonds is 6. The lowest BCUT2D eigenvalue weighted by molar-refractivity contribution is -0.141. The molecule has 0 spiro atoms. The molecule has 56 heavy (non-hydrogen) atoms. The molecule has 0 unspecified atom stereocenters. The lowest BCUT2D eigenvalue weighted by Gasteiger charge is -2.30. The maximum absolute atomic E-state index is 14.4. The van der Waals surface area contributed by atoms with Gasteiger partial charge in [-0.05, 0) is 82.6 Å². The van der Waals surface area contributed by atoms with E-state index in [0.29, 0.717) is 52.0 Å². The number of sulfonamides is 1. The average molecular weight is 799 g/mol. The predicted octanol–water partition coefficient (Wildman–Crippen LogP) is 2.84. The molecule has 0 aromatic heterocycles. The van der Waals surface area contributed by atoms with Crippen molar-refractivity contribution in [2.45, 2.75) is 126 Å². The highest BCUT2D eigenvalue weighted by Crippen LogP contribution is 2.46. The van der Waals surface area contributed by atoms with E-state index in [0.717, 1.165) is 42.7 Å². The van der Waals surface area contributed by atoms with E-state index in [-0.39, 0.29) is 25.8 Å². The summed E-state index contributed by atoms with van der Waals surface area (Å²) in [4.78, 5) is 74.2. The molecule has 2 saturated heterocycles. The summed E-state index contributed by atoms with van der Waals surface area (Å²) in [5.74, 6) is -2.49. The monoisotopic (exact) mass is 798 g/mol. The molecule has 306 valence electrons. The highest BCUT2D eigenvalue weighted by molar-refractivity contribution is 7.91. The van der Waals surface area contributed by atoms with E-state index in [2.05, 4.69) is 26.3 Å². The number of ether oxygens (including phenoxy) is 3. The van der Waals surface area contributed by atoms with E-state index in [1.807, 2.05) is 24.3 Å². The third-order valence-electron chi connectivity index (χ3n) is 11.3. The molecule has 5 amide bonds. The molecule has 16 nitrogen and oxygen atoms in total. The number of carbonyl (C=O) groups is 5. The van der Waals surface area contributed by atoms with Crippen molar-refractivity contribution in [1.29, 1.82) is 0 Å². The molecule has 17 heteroatoms. The van der Waals surface area contributed by atoms with Gasteiger partial charge in [-0.2, -0.15) is 0 Å². The van der Waals surface area contributed by atoms with E-state index in [9.17, 15) is 32.4 Å².